The molecule has 9 heteroatoms. The maximum absolute atomic E-state index is 12.8. The van der Waals surface area contributed by atoms with Crippen LogP contribution in [0.15, 0.2) is 23.4 Å². The fourth-order valence-electron chi connectivity index (χ4n) is 3.61. The Labute approximate surface area is 179 Å². The molecule has 8 nitrogen and oxygen atoms in total. The van der Waals surface area contributed by atoms with Crippen molar-refractivity contribution in [1.29, 1.82) is 0 Å². The first-order valence-electron chi connectivity index (χ1n) is 9.85. The molecule has 0 radical (unpaired) electrons. The van der Waals surface area contributed by atoms with Crippen LogP contribution in [0, 0.1) is 13.8 Å². The molecule has 1 aromatic carbocycles. The van der Waals surface area contributed by atoms with Crippen LogP contribution < -0.4 is 9.47 Å². The van der Waals surface area contributed by atoms with Crippen LogP contribution in [0.5, 0.6) is 11.5 Å². The molecule has 3 heterocycles. The lowest BCUT2D eigenvalue weighted by Gasteiger charge is -2.21. The minimum Gasteiger partial charge on any atom is -0.486 e. The van der Waals surface area contributed by atoms with Gasteiger partial charge in [-0.25, -0.2) is 9.50 Å². The average Bonchev–Trinajstić information content (AvgIpc) is 3.16. The number of thioether (sulfide) groups is 1. The van der Waals surface area contributed by atoms with Crippen molar-refractivity contribution in [3.8, 4) is 11.5 Å². The number of carbonyl (C=O) groups excluding carboxylic acids is 1. The van der Waals surface area contributed by atoms with E-state index in [1.807, 2.05) is 45.4 Å². The highest BCUT2D eigenvalue weighted by Gasteiger charge is 2.17. The van der Waals surface area contributed by atoms with Gasteiger partial charge in [-0.05, 0) is 49.8 Å². The molecule has 1 amide bonds. The number of hydrogen-bond acceptors (Lipinski definition) is 7. The predicted molar refractivity (Wildman–Crippen MR) is 114 cm³/mol. The first kappa shape index (κ1) is 20.5. The summed E-state index contributed by atoms with van der Waals surface area (Å²) < 4.78 is 12.9. The number of fused-ring (bicyclic) bond motifs is 2. The van der Waals surface area contributed by atoms with Crippen LogP contribution in [-0.4, -0.2) is 56.9 Å². The second-order valence-electron chi connectivity index (χ2n) is 7.30. The van der Waals surface area contributed by atoms with Crippen molar-refractivity contribution in [3.63, 3.8) is 0 Å². The minimum atomic E-state index is 0.0761. The number of nitrogens with zero attached hydrogens (tertiary/aromatic N) is 5. The van der Waals surface area contributed by atoms with Gasteiger partial charge in [0.1, 0.15) is 13.2 Å². The van der Waals surface area contributed by atoms with E-state index < -0.39 is 0 Å². The highest BCUT2D eigenvalue weighted by Crippen LogP contribution is 2.31. The number of rotatable bonds is 6. The van der Waals surface area contributed by atoms with E-state index in [1.54, 1.807) is 9.42 Å². The topological polar surface area (TPSA) is 81.9 Å². The monoisotopic (exact) mass is 427 g/mol. The van der Waals surface area contributed by atoms with E-state index >= 15 is 0 Å². The van der Waals surface area contributed by atoms with Crippen molar-refractivity contribution >= 4 is 23.4 Å². The smallest absolute Gasteiger partial charge is 0.253 e. The Morgan fingerprint density at radius 2 is 1.97 bits per heavy atom. The molecule has 30 heavy (non-hydrogen) atoms. The van der Waals surface area contributed by atoms with Crippen molar-refractivity contribution in [1.82, 2.24) is 24.5 Å². The van der Waals surface area contributed by atoms with Gasteiger partial charge < -0.3 is 14.4 Å². The molecule has 0 atom stereocenters. The summed E-state index contributed by atoms with van der Waals surface area (Å²) in [6.07, 6.45) is 2.95. The molecule has 0 N–H and O–H groups in total. The van der Waals surface area contributed by atoms with Gasteiger partial charge in [0.2, 0.25) is 11.1 Å². The first-order chi connectivity index (χ1) is 14.5. The third-order valence-electron chi connectivity index (χ3n) is 5.25. The van der Waals surface area contributed by atoms with E-state index in [-0.39, 0.29) is 5.91 Å². The minimum absolute atomic E-state index is 0.0761. The lowest BCUT2D eigenvalue weighted by atomic mass is 10.1. The fourth-order valence-corrected chi connectivity index (χ4v) is 3.95. The normalized spacial score (nSPS) is 12.9. The van der Waals surface area contributed by atoms with E-state index in [1.165, 1.54) is 11.8 Å². The quantitative estimate of drug-likeness (QED) is 0.560. The Hall–Kier alpha value is -2.81. The Morgan fingerprint density at radius 3 is 2.73 bits per heavy atom. The van der Waals surface area contributed by atoms with Crippen molar-refractivity contribution < 1.29 is 14.3 Å². The molecule has 4 rings (SSSR count). The molecule has 2 aromatic heterocycles. The Kier molecular flexibility index (Phi) is 5.80. The third-order valence-corrected chi connectivity index (χ3v) is 5.79. The van der Waals surface area contributed by atoms with Crippen molar-refractivity contribution in [2.24, 2.45) is 0 Å². The summed E-state index contributed by atoms with van der Waals surface area (Å²) in [6, 6.07) is 5.81. The largest absolute Gasteiger partial charge is 0.486 e. The second kappa shape index (κ2) is 8.51. The number of amides is 1. The molecule has 0 aliphatic carbocycles. The maximum atomic E-state index is 12.8. The van der Waals surface area contributed by atoms with Gasteiger partial charge in [-0.3, -0.25) is 4.79 Å². The van der Waals surface area contributed by atoms with Gasteiger partial charge in [0.05, 0.1) is 0 Å². The lowest BCUT2D eigenvalue weighted by molar-refractivity contribution is -0.130. The van der Waals surface area contributed by atoms with Crippen molar-refractivity contribution in [2.45, 2.75) is 38.4 Å². The van der Waals surface area contributed by atoms with Crippen LogP contribution in [0.1, 0.15) is 28.9 Å². The van der Waals surface area contributed by atoms with Crippen LogP contribution in [0.2, 0.25) is 0 Å². The van der Waals surface area contributed by atoms with Gasteiger partial charge >= 0.3 is 0 Å². The standard InChI is InChI=1S/C21H25N5O3S/c1-13-16(14(2)26-20(22-13)23-21(24-26)30-4)6-8-19(27)25(3)12-15-5-7-17-18(11-15)29-10-9-28-17/h5,7,11H,6,8-10,12H2,1-4H3. The first-order valence-corrected chi connectivity index (χ1v) is 11.1. The fraction of sp³-hybridized carbons (Fsp3) is 0.429. The molecule has 0 saturated heterocycles. The SMILES string of the molecule is CSc1nc2nc(C)c(CCC(=O)N(C)Cc3ccc4c(c3)OCCO4)c(C)n2n1. The molecular formula is C21H25N5O3S. The number of benzene rings is 1. The highest BCUT2D eigenvalue weighted by molar-refractivity contribution is 7.98. The van der Waals surface area contributed by atoms with E-state index in [0.717, 1.165) is 34.0 Å². The van der Waals surface area contributed by atoms with Crippen LogP contribution >= 0.6 is 11.8 Å². The van der Waals surface area contributed by atoms with E-state index in [4.69, 9.17) is 9.47 Å². The van der Waals surface area contributed by atoms with E-state index in [2.05, 4.69) is 15.1 Å². The average molecular weight is 428 g/mol. The molecule has 3 aromatic rings. The second-order valence-corrected chi connectivity index (χ2v) is 8.07. The summed E-state index contributed by atoms with van der Waals surface area (Å²) in [5.74, 6) is 2.17. The molecule has 1 aliphatic rings. The highest BCUT2D eigenvalue weighted by atomic mass is 32.2. The van der Waals surface area contributed by atoms with Gasteiger partial charge in [-0.15, -0.1) is 5.10 Å². The number of hydrogen-bond donors (Lipinski definition) is 0. The van der Waals surface area contributed by atoms with Gasteiger partial charge in [0, 0.05) is 31.4 Å². The van der Waals surface area contributed by atoms with Crippen LogP contribution in [-0.2, 0) is 17.8 Å². The van der Waals surface area contributed by atoms with Gasteiger partial charge in [0.25, 0.3) is 5.78 Å². The van der Waals surface area contributed by atoms with Gasteiger partial charge in [-0.1, -0.05) is 17.8 Å². The number of aryl methyl sites for hydroxylation is 2. The zero-order chi connectivity index (χ0) is 21.3. The van der Waals surface area contributed by atoms with Crippen LogP contribution in [0.3, 0.4) is 0 Å². The lowest BCUT2D eigenvalue weighted by Crippen LogP contribution is -2.27. The molecule has 158 valence electrons. The molecule has 0 fully saturated rings. The summed E-state index contributed by atoms with van der Waals surface area (Å²) in [5, 5.41) is 5.17. The molecule has 0 spiro atoms. The zero-order valence-electron chi connectivity index (χ0n) is 17.6. The van der Waals surface area contributed by atoms with Crippen molar-refractivity contribution in [3.05, 3.63) is 40.7 Å². The predicted octanol–water partition coefficient (Wildman–Crippen LogP) is 2.83. The number of ether oxygens (including phenoxy) is 2. The molecule has 1 aliphatic heterocycles. The molecular weight excluding hydrogens is 402 g/mol. The Bertz CT molecular complexity index is 1100. The summed E-state index contributed by atoms with van der Waals surface area (Å²) in [4.78, 5) is 23.5. The molecule has 0 saturated carbocycles. The van der Waals surface area contributed by atoms with E-state index in [9.17, 15) is 4.79 Å². The van der Waals surface area contributed by atoms with Crippen molar-refractivity contribution in [2.75, 3.05) is 26.5 Å². The van der Waals surface area contributed by atoms with Crippen LogP contribution in [0.25, 0.3) is 5.78 Å². The Morgan fingerprint density at radius 1 is 1.20 bits per heavy atom. The van der Waals surface area contributed by atoms with E-state index in [0.29, 0.717) is 43.5 Å². The van der Waals surface area contributed by atoms with Gasteiger partial charge in [0.15, 0.2) is 11.5 Å². The zero-order valence-corrected chi connectivity index (χ0v) is 18.5. The van der Waals surface area contributed by atoms with Crippen LogP contribution in [0.4, 0.5) is 0 Å². The summed E-state index contributed by atoms with van der Waals surface area (Å²) in [7, 11) is 1.82. The number of aromatic nitrogens is 4. The maximum Gasteiger partial charge on any atom is 0.253 e. The summed E-state index contributed by atoms with van der Waals surface area (Å²) in [5.41, 5.74) is 3.92. The molecule has 0 bridgehead atoms. The Balaban J connectivity index is 1.43. The number of carbonyl (C=O) groups is 1. The third kappa shape index (κ3) is 4.07. The summed E-state index contributed by atoms with van der Waals surface area (Å²) >= 11 is 1.49. The van der Waals surface area contributed by atoms with Gasteiger partial charge in [-0.2, -0.15) is 4.98 Å². The molecule has 0 unspecified atom stereocenters. The summed E-state index contributed by atoms with van der Waals surface area (Å²) in [6.45, 7) is 5.59.